The molecule has 0 aliphatic rings. The highest BCUT2D eigenvalue weighted by Crippen LogP contribution is 2.21. The van der Waals surface area contributed by atoms with Gasteiger partial charge < -0.3 is 10.6 Å². The van der Waals surface area contributed by atoms with Gasteiger partial charge in [0.05, 0.1) is 4.99 Å². The van der Waals surface area contributed by atoms with Crippen molar-refractivity contribution in [2.45, 2.75) is 26.3 Å². The minimum atomic E-state index is -0.0746. The quantitative estimate of drug-likeness (QED) is 0.813. The summed E-state index contributed by atoms with van der Waals surface area (Å²) < 4.78 is 0.779. The number of nitrogens with zero attached hydrogens (tertiary/aromatic N) is 1. The summed E-state index contributed by atoms with van der Waals surface area (Å²) in [7, 11) is 0. The van der Waals surface area contributed by atoms with E-state index in [1.165, 1.54) is 0 Å². The van der Waals surface area contributed by atoms with Gasteiger partial charge in [-0.25, -0.2) is 0 Å². The van der Waals surface area contributed by atoms with Crippen molar-refractivity contribution in [3.05, 3.63) is 33.3 Å². The molecular weight excluding hydrogens is 348 g/mol. The Kier molecular flexibility index (Phi) is 6.23. The van der Waals surface area contributed by atoms with E-state index in [1.807, 2.05) is 13.8 Å². The third kappa shape index (κ3) is 5.09. The van der Waals surface area contributed by atoms with E-state index in [1.54, 1.807) is 23.1 Å². The standard InChI is InChI=1S/C13H16BrClN2OS/c1-8(2)17(4-3-12(16)19)13(18)9-5-10(14)7-11(15)6-9/h5-8H,3-4H2,1-2H3,(H2,16,19). The van der Waals surface area contributed by atoms with E-state index in [0.29, 0.717) is 28.5 Å². The molecule has 3 nitrogen and oxygen atoms in total. The van der Waals surface area contributed by atoms with Crippen molar-refractivity contribution in [1.29, 1.82) is 0 Å². The topological polar surface area (TPSA) is 46.3 Å². The van der Waals surface area contributed by atoms with Gasteiger partial charge in [0.2, 0.25) is 0 Å². The fourth-order valence-electron chi connectivity index (χ4n) is 1.67. The molecule has 104 valence electrons. The zero-order chi connectivity index (χ0) is 14.6. The molecule has 2 N–H and O–H groups in total. The van der Waals surface area contributed by atoms with Gasteiger partial charge in [-0.3, -0.25) is 4.79 Å². The van der Waals surface area contributed by atoms with Crippen molar-refractivity contribution in [2.75, 3.05) is 6.54 Å². The van der Waals surface area contributed by atoms with Gasteiger partial charge in [-0.1, -0.05) is 39.7 Å². The Balaban J connectivity index is 2.95. The number of rotatable bonds is 5. The van der Waals surface area contributed by atoms with Crippen LogP contribution in [0, 0.1) is 0 Å². The predicted octanol–water partition coefficient (Wildman–Crippen LogP) is 3.63. The van der Waals surface area contributed by atoms with Crippen LogP contribution in [0.5, 0.6) is 0 Å². The molecule has 0 heterocycles. The van der Waals surface area contributed by atoms with Crippen LogP contribution in [0.2, 0.25) is 5.02 Å². The Morgan fingerprint density at radius 1 is 1.47 bits per heavy atom. The maximum absolute atomic E-state index is 12.5. The second kappa shape index (κ2) is 7.22. The van der Waals surface area contributed by atoms with Crippen LogP contribution < -0.4 is 5.73 Å². The van der Waals surface area contributed by atoms with E-state index in [2.05, 4.69) is 15.9 Å². The molecule has 0 radical (unpaired) electrons. The number of amides is 1. The van der Waals surface area contributed by atoms with Gasteiger partial charge in [0.25, 0.3) is 5.91 Å². The van der Waals surface area contributed by atoms with Crippen LogP contribution >= 0.6 is 39.7 Å². The summed E-state index contributed by atoms with van der Waals surface area (Å²) in [5, 5.41) is 0.524. The molecule has 1 aromatic rings. The monoisotopic (exact) mass is 362 g/mol. The van der Waals surface area contributed by atoms with E-state index in [0.717, 1.165) is 4.47 Å². The van der Waals surface area contributed by atoms with Crippen molar-refractivity contribution in [3.63, 3.8) is 0 Å². The predicted molar refractivity (Wildman–Crippen MR) is 86.7 cm³/mol. The molecule has 0 atom stereocenters. The maximum atomic E-state index is 12.5. The number of thiocarbonyl (C=S) groups is 1. The van der Waals surface area contributed by atoms with Crippen LogP contribution in [0.15, 0.2) is 22.7 Å². The van der Waals surface area contributed by atoms with E-state index >= 15 is 0 Å². The number of benzene rings is 1. The summed E-state index contributed by atoms with van der Waals surface area (Å²) in [5.41, 5.74) is 6.04. The summed E-state index contributed by atoms with van der Waals surface area (Å²) in [6.45, 7) is 4.42. The zero-order valence-corrected chi connectivity index (χ0v) is 14.0. The van der Waals surface area contributed by atoms with Crippen molar-refractivity contribution in [1.82, 2.24) is 4.90 Å². The van der Waals surface area contributed by atoms with Crippen molar-refractivity contribution >= 4 is 50.6 Å². The second-order valence-corrected chi connectivity index (χ2v) is 6.34. The lowest BCUT2D eigenvalue weighted by molar-refractivity contribution is 0.0711. The first-order valence-electron chi connectivity index (χ1n) is 5.86. The highest BCUT2D eigenvalue weighted by molar-refractivity contribution is 9.10. The van der Waals surface area contributed by atoms with Gasteiger partial charge in [0, 0.05) is 34.1 Å². The minimum Gasteiger partial charge on any atom is -0.393 e. The van der Waals surface area contributed by atoms with Crippen LogP contribution in [-0.2, 0) is 0 Å². The number of halogens is 2. The number of carbonyl (C=O) groups is 1. The molecule has 1 amide bonds. The Hall–Kier alpha value is -0.650. The number of hydrogen-bond acceptors (Lipinski definition) is 2. The van der Waals surface area contributed by atoms with Crippen molar-refractivity contribution in [3.8, 4) is 0 Å². The molecule has 0 spiro atoms. The molecule has 0 aromatic heterocycles. The van der Waals surface area contributed by atoms with Crippen molar-refractivity contribution < 1.29 is 4.79 Å². The lowest BCUT2D eigenvalue weighted by atomic mass is 10.1. The lowest BCUT2D eigenvalue weighted by Crippen LogP contribution is -2.39. The van der Waals surface area contributed by atoms with E-state index in [4.69, 9.17) is 29.6 Å². The van der Waals surface area contributed by atoms with Gasteiger partial charge in [0.1, 0.15) is 0 Å². The van der Waals surface area contributed by atoms with Gasteiger partial charge in [-0.2, -0.15) is 0 Å². The molecule has 0 saturated carbocycles. The van der Waals surface area contributed by atoms with Crippen LogP contribution in [0.1, 0.15) is 30.6 Å². The lowest BCUT2D eigenvalue weighted by Gasteiger charge is -2.27. The molecule has 0 aliphatic heterocycles. The number of hydrogen-bond donors (Lipinski definition) is 1. The normalized spacial score (nSPS) is 10.6. The Labute approximate surface area is 132 Å². The van der Waals surface area contributed by atoms with Crippen LogP contribution in [0.4, 0.5) is 0 Å². The molecule has 0 bridgehead atoms. The van der Waals surface area contributed by atoms with Crippen LogP contribution in [0.3, 0.4) is 0 Å². The van der Waals surface area contributed by atoms with E-state index in [-0.39, 0.29) is 11.9 Å². The smallest absolute Gasteiger partial charge is 0.254 e. The van der Waals surface area contributed by atoms with E-state index < -0.39 is 0 Å². The first-order valence-corrected chi connectivity index (χ1v) is 7.44. The molecule has 1 rings (SSSR count). The second-order valence-electron chi connectivity index (χ2n) is 4.47. The molecule has 1 aromatic carbocycles. The van der Waals surface area contributed by atoms with Gasteiger partial charge in [0.15, 0.2) is 0 Å². The highest BCUT2D eigenvalue weighted by Gasteiger charge is 2.19. The van der Waals surface area contributed by atoms with E-state index in [9.17, 15) is 4.79 Å². The Morgan fingerprint density at radius 2 is 2.11 bits per heavy atom. The molecule has 0 fully saturated rings. The number of nitrogens with two attached hydrogens (primary N) is 1. The summed E-state index contributed by atoms with van der Waals surface area (Å²) >= 11 is 14.2. The first kappa shape index (κ1) is 16.4. The molecular formula is C13H16BrClN2OS. The SMILES string of the molecule is CC(C)N(CCC(N)=S)C(=O)c1cc(Cl)cc(Br)c1. The summed E-state index contributed by atoms with van der Waals surface area (Å²) in [4.78, 5) is 14.6. The molecule has 0 saturated heterocycles. The Morgan fingerprint density at radius 3 is 2.58 bits per heavy atom. The minimum absolute atomic E-state index is 0.0691. The summed E-state index contributed by atoms with van der Waals surface area (Å²) in [6.07, 6.45) is 0.515. The van der Waals surface area contributed by atoms with Gasteiger partial charge in [-0.15, -0.1) is 0 Å². The molecule has 0 unspecified atom stereocenters. The highest BCUT2D eigenvalue weighted by atomic mass is 79.9. The third-order valence-electron chi connectivity index (χ3n) is 2.59. The number of carbonyl (C=O) groups excluding carboxylic acids is 1. The van der Waals surface area contributed by atoms with Gasteiger partial charge in [-0.05, 0) is 32.0 Å². The third-order valence-corrected chi connectivity index (χ3v) is 3.47. The summed E-state index contributed by atoms with van der Waals surface area (Å²) in [6, 6.07) is 5.22. The average molecular weight is 364 g/mol. The average Bonchev–Trinajstić information content (AvgIpc) is 2.26. The van der Waals surface area contributed by atoms with Crippen LogP contribution in [-0.4, -0.2) is 28.4 Å². The summed E-state index contributed by atoms with van der Waals surface area (Å²) in [5.74, 6) is -0.0746. The fourth-order valence-corrected chi connectivity index (χ4v) is 2.62. The Bertz CT molecular complexity index is 473. The van der Waals surface area contributed by atoms with Crippen molar-refractivity contribution in [2.24, 2.45) is 5.73 Å². The molecule has 0 aliphatic carbocycles. The molecule has 19 heavy (non-hydrogen) atoms. The zero-order valence-electron chi connectivity index (χ0n) is 10.8. The maximum Gasteiger partial charge on any atom is 0.254 e. The molecule has 6 heteroatoms. The first-order chi connectivity index (χ1) is 8.81. The fraction of sp³-hybridized carbons (Fsp3) is 0.385. The largest absolute Gasteiger partial charge is 0.393 e. The van der Waals surface area contributed by atoms with Crippen LogP contribution in [0.25, 0.3) is 0 Å². The van der Waals surface area contributed by atoms with Gasteiger partial charge >= 0.3 is 0 Å².